The first-order valence-corrected chi connectivity index (χ1v) is 14.0. The number of rotatable bonds is 9. The first kappa shape index (κ1) is 24.0. The summed E-state index contributed by atoms with van der Waals surface area (Å²) >= 11 is 3.06. The Hall–Kier alpha value is -2.71. The summed E-state index contributed by atoms with van der Waals surface area (Å²) in [6, 6.07) is 5.89. The van der Waals surface area contributed by atoms with Crippen molar-refractivity contribution < 1.29 is 28.5 Å². The van der Waals surface area contributed by atoms with Crippen LogP contribution in [0.1, 0.15) is 56.3 Å². The van der Waals surface area contributed by atoms with E-state index in [1.807, 2.05) is 35.9 Å². The van der Waals surface area contributed by atoms with Crippen LogP contribution >= 0.6 is 22.7 Å². The molecule has 3 aromatic rings. The Morgan fingerprint density at radius 3 is 2.29 bits per heavy atom. The fourth-order valence-corrected chi connectivity index (χ4v) is 6.23. The van der Waals surface area contributed by atoms with Gasteiger partial charge in [0.15, 0.2) is 23.0 Å². The lowest BCUT2D eigenvalue weighted by Crippen LogP contribution is -2.17. The van der Waals surface area contributed by atoms with Crippen LogP contribution in [0.15, 0.2) is 29.0 Å². The van der Waals surface area contributed by atoms with Crippen molar-refractivity contribution in [1.29, 1.82) is 0 Å². The van der Waals surface area contributed by atoms with E-state index in [4.69, 9.17) is 23.7 Å². The van der Waals surface area contributed by atoms with E-state index < -0.39 is 0 Å². The Kier molecular flexibility index (Phi) is 7.48. The quantitative estimate of drug-likeness (QED) is 0.222. The molecular weight excluding hydrogens is 484 g/mol. The number of esters is 1. The third-order valence-electron chi connectivity index (χ3n) is 6.12. The Balaban J connectivity index is 1.48. The highest BCUT2D eigenvalue weighted by Crippen LogP contribution is 2.49. The topological polar surface area (TPSA) is 63.2 Å². The number of hydrogen-bond donors (Lipinski definition) is 0. The van der Waals surface area contributed by atoms with Crippen molar-refractivity contribution in [2.75, 3.05) is 26.4 Å². The van der Waals surface area contributed by atoms with Crippen molar-refractivity contribution in [3.05, 3.63) is 34.5 Å². The molecule has 0 unspecified atom stereocenters. The molecule has 0 bridgehead atoms. The number of benzene rings is 1. The summed E-state index contributed by atoms with van der Waals surface area (Å²) in [7, 11) is 0. The molecule has 0 radical (unpaired) electrons. The van der Waals surface area contributed by atoms with Gasteiger partial charge in [0.2, 0.25) is 0 Å². The molecule has 1 aromatic carbocycles. The zero-order valence-corrected chi connectivity index (χ0v) is 21.7. The Morgan fingerprint density at radius 2 is 1.57 bits per heavy atom. The number of carbonyl (C=O) groups is 1. The molecule has 35 heavy (non-hydrogen) atoms. The molecule has 0 aliphatic carbocycles. The summed E-state index contributed by atoms with van der Waals surface area (Å²) in [5, 5.41) is 3.89. The van der Waals surface area contributed by atoms with Crippen molar-refractivity contribution in [2.24, 2.45) is 0 Å². The first-order chi connectivity index (χ1) is 17.2. The van der Waals surface area contributed by atoms with Crippen LogP contribution in [0.3, 0.4) is 0 Å². The number of carbonyl (C=O) groups excluding carboxylic acids is 1. The molecule has 0 N–H and O–H groups in total. The standard InChI is InChI=1S/C27H30O6S2/c1-3-4-5-6-7-17(2)33-27(28)20-14-18(25-23-21(15-34-25)29-10-12-31-23)8-9-19(20)26-24-22(16-35-26)30-11-13-32-24/h8-9,14-17H,3-7,10-13H2,1-2H3/t17-/m1/s1. The van der Waals surface area contributed by atoms with Gasteiger partial charge in [-0.05, 0) is 31.4 Å². The van der Waals surface area contributed by atoms with E-state index >= 15 is 0 Å². The lowest BCUT2D eigenvalue weighted by Gasteiger charge is -2.19. The lowest BCUT2D eigenvalue weighted by molar-refractivity contribution is 0.0320. The lowest BCUT2D eigenvalue weighted by atomic mass is 10.0. The summed E-state index contributed by atoms with van der Waals surface area (Å²) in [4.78, 5) is 15.3. The SMILES string of the molecule is CCCCCC[C@@H](C)OC(=O)c1cc(-c2scc3c2OCCO3)ccc1-c1scc2c1OCCO2. The van der Waals surface area contributed by atoms with Crippen LogP contribution in [0.25, 0.3) is 20.9 Å². The van der Waals surface area contributed by atoms with Gasteiger partial charge in [0.1, 0.15) is 26.4 Å². The van der Waals surface area contributed by atoms with Gasteiger partial charge in [-0.25, -0.2) is 4.79 Å². The van der Waals surface area contributed by atoms with Crippen LogP contribution in [-0.4, -0.2) is 38.5 Å². The van der Waals surface area contributed by atoms with E-state index in [0.29, 0.717) is 37.7 Å². The van der Waals surface area contributed by atoms with Crippen molar-refractivity contribution in [3.63, 3.8) is 0 Å². The number of unbranched alkanes of at least 4 members (excludes halogenated alkanes) is 3. The summed E-state index contributed by atoms with van der Waals surface area (Å²) in [5.74, 6) is 2.58. The second-order valence-electron chi connectivity index (χ2n) is 8.74. The van der Waals surface area contributed by atoms with E-state index in [2.05, 4.69) is 6.92 Å². The average Bonchev–Trinajstić information content (AvgIpc) is 3.51. The normalized spacial score (nSPS) is 15.0. The molecule has 0 amide bonds. The van der Waals surface area contributed by atoms with Gasteiger partial charge in [-0.2, -0.15) is 0 Å². The maximum atomic E-state index is 13.5. The molecule has 2 aliphatic rings. The highest BCUT2D eigenvalue weighted by molar-refractivity contribution is 7.14. The average molecular weight is 515 g/mol. The van der Waals surface area contributed by atoms with Crippen LogP contribution in [-0.2, 0) is 4.74 Å². The molecule has 1 atom stereocenters. The van der Waals surface area contributed by atoms with Gasteiger partial charge >= 0.3 is 5.97 Å². The minimum Gasteiger partial charge on any atom is -0.485 e. The predicted molar refractivity (Wildman–Crippen MR) is 139 cm³/mol. The Morgan fingerprint density at radius 1 is 0.914 bits per heavy atom. The summed E-state index contributed by atoms with van der Waals surface area (Å²) in [5.41, 5.74) is 2.20. The van der Waals surface area contributed by atoms with E-state index in [0.717, 1.165) is 57.4 Å². The molecule has 2 aromatic heterocycles. The highest BCUT2D eigenvalue weighted by Gasteiger charge is 2.27. The van der Waals surface area contributed by atoms with Gasteiger partial charge < -0.3 is 23.7 Å². The smallest absolute Gasteiger partial charge is 0.339 e. The molecule has 0 spiro atoms. The van der Waals surface area contributed by atoms with Crippen molar-refractivity contribution in [1.82, 2.24) is 0 Å². The van der Waals surface area contributed by atoms with Crippen LogP contribution < -0.4 is 18.9 Å². The predicted octanol–water partition coefficient (Wildman–Crippen LogP) is 7.20. The fourth-order valence-electron chi connectivity index (χ4n) is 4.33. The molecular formula is C27H30O6S2. The number of fused-ring (bicyclic) bond motifs is 2. The molecule has 5 rings (SSSR count). The Bertz CT molecular complexity index is 1180. The Labute approximate surface area is 213 Å². The maximum Gasteiger partial charge on any atom is 0.339 e. The summed E-state index contributed by atoms with van der Waals surface area (Å²) in [6.45, 7) is 6.23. The largest absolute Gasteiger partial charge is 0.485 e. The third-order valence-corrected chi connectivity index (χ3v) is 8.08. The second-order valence-corrected chi connectivity index (χ2v) is 10.5. The van der Waals surface area contributed by atoms with Crippen LogP contribution in [0.5, 0.6) is 23.0 Å². The number of hydrogen-bond acceptors (Lipinski definition) is 8. The minimum atomic E-state index is -0.327. The summed E-state index contributed by atoms with van der Waals surface area (Å²) in [6.07, 6.45) is 5.30. The van der Waals surface area contributed by atoms with Gasteiger partial charge in [0.05, 0.1) is 21.4 Å². The zero-order valence-electron chi connectivity index (χ0n) is 20.1. The number of thiophene rings is 2. The van der Waals surface area contributed by atoms with Gasteiger partial charge in [0.25, 0.3) is 0 Å². The van der Waals surface area contributed by atoms with Gasteiger partial charge in [0, 0.05) is 16.3 Å². The molecule has 0 saturated heterocycles. The molecule has 2 aliphatic heterocycles. The van der Waals surface area contributed by atoms with Crippen molar-refractivity contribution in [3.8, 4) is 43.9 Å². The molecule has 186 valence electrons. The van der Waals surface area contributed by atoms with Gasteiger partial charge in [-0.1, -0.05) is 38.3 Å². The monoisotopic (exact) mass is 514 g/mol. The van der Waals surface area contributed by atoms with Crippen molar-refractivity contribution >= 4 is 28.6 Å². The maximum absolute atomic E-state index is 13.5. The number of ether oxygens (including phenoxy) is 5. The van der Waals surface area contributed by atoms with Crippen LogP contribution in [0, 0.1) is 0 Å². The fraction of sp³-hybridized carbons (Fsp3) is 0.444. The zero-order chi connectivity index (χ0) is 24.2. The van der Waals surface area contributed by atoms with E-state index in [9.17, 15) is 4.79 Å². The first-order valence-electron chi connectivity index (χ1n) is 12.3. The van der Waals surface area contributed by atoms with Crippen molar-refractivity contribution in [2.45, 2.75) is 52.1 Å². The molecule has 6 nitrogen and oxygen atoms in total. The molecule has 8 heteroatoms. The second kappa shape index (κ2) is 10.9. The molecule has 0 saturated carbocycles. The molecule has 0 fully saturated rings. The van der Waals surface area contributed by atoms with E-state index in [1.165, 1.54) is 24.2 Å². The highest BCUT2D eigenvalue weighted by atomic mass is 32.1. The third kappa shape index (κ3) is 5.14. The summed E-state index contributed by atoms with van der Waals surface area (Å²) < 4.78 is 29.2. The molecule has 4 heterocycles. The van der Waals surface area contributed by atoms with Crippen LogP contribution in [0.4, 0.5) is 0 Å². The van der Waals surface area contributed by atoms with E-state index in [-0.39, 0.29) is 12.1 Å². The van der Waals surface area contributed by atoms with Crippen LogP contribution in [0.2, 0.25) is 0 Å². The minimum absolute atomic E-state index is 0.154. The van der Waals surface area contributed by atoms with Gasteiger partial charge in [-0.3, -0.25) is 0 Å². The van der Waals surface area contributed by atoms with Gasteiger partial charge in [-0.15, -0.1) is 22.7 Å². The van der Waals surface area contributed by atoms with E-state index in [1.54, 1.807) is 11.3 Å².